The van der Waals surface area contributed by atoms with E-state index in [0.29, 0.717) is 5.69 Å². The third kappa shape index (κ3) is 1.40. The Hall–Kier alpha value is -1.75. The Morgan fingerprint density at radius 1 is 1.39 bits per heavy atom. The molecule has 0 bridgehead atoms. The average Bonchev–Trinajstić information content (AvgIpc) is 2.84. The van der Waals surface area contributed by atoms with E-state index in [-0.39, 0.29) is 0 Å². The van der Waals surface area contributed by atoms with Gasteiger partial charge >= 0.3 is 0 Å². The molecule has 2 aromatic heterocycles. The Morgan fingerprint density at radius 3 is 2.83 bits per heavy atom. The molecule has 18 heavy (non-hydrogen) atoms. The molecule has 0 spiro atoms. The molecule has 0 aliphatic rings. The smallest absolute Gasteiger partial charge is 0.0904 e. The van der Waals surface area contributed by atoms with Gasteiger partial charge in [-0.2, -0.15) is 5.10 Å². The van der Waals surface area contributed by atoms with Crippen LogP contribution in [0.3, 0.4) is 0 Å². The van der Waals surface area contributed by atoms with Gasteiger partial charge in [0, 0.05) is 28.2 Å². The number of para-hydroxylation sites is 1. The lowest BCUT2D eigenvalue weighted by Crippen LogP contribution is -1.92. The number of aromatic nitrogens is 3. The number of aromatic amines is 1. The van der Waals surface area contributed by atoms with E-state index < -0.39 is 0 Å². The Balaban J connectivity index is 2.48. The zero-order chi connectivity index (χ0) is 12.9. The molecule has 0 radical (unpaired) electrons. The Kier molecular flexibility index (Phi) is 2.45. The fraction of sp³-hybridized carbons (Fsp3) is 0.154. The van der Waals surface area contributed by atoms with Crippen molar-refractivity contribution < 1.29 is 0 Å². The highest BCUT2D eigenvalue weighted by Crippen LogP contribution is 2.38. The monoisotopic (exact) mass is 304 g/mol. The van der Waals surface area contributed by atoms with E-state index >= 15 is 0 Å². The van der Waals surface area contributed by atoms with E-state index in [1.54, 1.807) is 6.20 Å². The number of H-pyrrole nitrogens is 1. The van der Waals surface area contributed by atoms with Gasteiger partial charge in [-0.3, -0.25) is 5.10 Å². The highest BCUT2D eigenvalue weighted by molar-refractivity contribution is 9.10. The third-order valence-electron chi connectivity index (χ3n) is 3.38. The number of anilines is 1. The van der Waals surface area contributed by atoms with Crippen molar-refractivity contribution in [2.75, 3.05) is 5.73 Å². The molecule has 0 fully saturated rings. The predicted molar refractivity (Wildman–Crippen MR) is 77.4 cm³/mol. The number of rotatable bonds is 1. The predicted octanol–water partition coefficient (Wildman–Crippen LogP) is 3.22. The topological polar surface area (TPSA) is 59.6 Å². The van der Waals surface area contributed by atoms with Crippen molar-refractivity contribution in [3.63, 3.8) is 0 Å². The zero-order valence-electron chi connectivity index (χ0n) is 10.2. The summed E-state index contributed by atoms with van der Waals surface area (Å²) >= 11 is 3.60. The quantitative estimate of drug-likeness (QED) is 0.725. The number of hydrogen-bond acceptors (Lipinski definition) is 2. The lowest BCUT2D eigenvalue weighted by atomic mass is 10.1. The summed E-state index contributed by atoms with van der Waals surface area (Å²) in [5.74, 6) is 0. The molecule has 2 heterocycles. The number of nitrogens with zero attached hydrogens (tertiary/aromatic N) is 2. The molecule has 0 aliphatic heterocycles. The van der Waals surface area contributed by atoms with Crippen molar-refractivity contribution in [2.45, 2.75) is 6.92 Å². The maximum Gasteiger partial charge on any atom is 0.0904 e. The maximum atomic E-state index is 5.97. The molecule has 0 atom stereocenters. The maximum absolute atomic E-state index is 5.97. The van der Waals surface area contributed by atoms with Gasteiger partial charge in [-0.1, -0.05) is 12.1 Å². The van der Waals surface area contributed by atoms with Crippen LogP contribution in [-0.4, -0.2) is 14.8 Å². The molecule has 3 N–H and O–H groups in total. The molecule has 0 saturated heterocycles. The molecule has 4 nitrogen and oxygen atoms in total. The first-order valence-corrected chi connectivity index (χ1v) is 6.43. The molecule has 92 valence electrons. The van der Waals surface area contributed by atoms with Gasteiger partial charge in [0.15, 0.2) is 0 Å². The van der Waals surface area contributed by atoms with Gasteiger partial charge in [0.25, 0.3) is 0 Å². The minimum Gasteiger partial charge on any atom is -0.396 e. The minimum atomic E-state index is 0.672. The van der Waals surface area contributed by atoms with Crippen LogP contribution in [-0.2, 0) is 7.05 Å². The standard InChI is InChI=1S/C13H13BrN4/c1-7-11(12-10(15)6-16-17-12)8-4-3-5-9(14)13(8)18(7)2/h3-6H,15H2,1-2H3,(H,16,17). The van der Waals surface area contributed by atoms with E-state index in [1.165, 1.54) is 10.9 Å². The van der Waals surface area contributed by atoms with Crippen LogP contribution in [0.1, 0.15) is 5.69 Å². The van der Waals surface area contributed by atoms with Crippen LogP contribution in [0.15, 0.2) is 28.9 Å². The van der Waals surface area contributed by atoms with Crippen LogP contribution in [0.5, 0.6) is 0 Å². The number of nitrogens with one attached hydrogen (secondary N) is 1. The summed E-state index contributed by atoms with van der Waals surface area (Å²) in [5.41, 5.74) is 11.0. The first-order chi connectivity index (χ1) is 8.61. The summed E-state index contributed by atoms with van der Waals surface area (Å²) in [5, 5.41) is 8.16. The summed E-state index contributed by atoms with van der Waals surface area (Å²) in [6.07, 6.45) is 1.64. The van der Waals surface area contributed by atoms with Crippen molar-refractivity contribution in [1.29, 1.82) is 0 Å². The Labute approximate surface area is 113 Å². The normalized spacial score (nSPS) is 11.3. The van der Waals surface area contributed by atoms with Gasteiger partial charge in [0.05, 0.1) is 23.1 Å². The highest BCUT2D eigenvalue weighted by atomic mass is 79.9. The molecule has 5 heteroatoms. The van der Waals surface area contributed by atoms with Gasteiger partial charge < -0.3 is 10.3 Å². The molecule has 3 rings (SSSR count). The summed E-state index contributed by atoms with van der Waals surface area (Å²) in [4.78, 5) is 0. The van der Waals surface area contributed by atoms with Crippen LogP contribution in [0, 0.1) is 6.92 Å². The molecular weight excluding hydrogens is 292 g/mol. The van der Waals surface area contributed by atoms with Crippen molar-refractivity contribution >= 4 is 32.5 Å². The highest BCUT2D eigenvalue weighted by Gasteiger charge is 2.18. The van der Waals surface area contributed by atoms with Crippen LogP contribution in [0.25, 0.3) is 22.2 Å². The Bertz CT molecular complexity index is 739. The summed E-state index contributed by atoms with van der Waals surface area (Å²) in [6.45, 7) is 2.09. The summed E-state index contributed by atoms with van der Waals surface area (Å²) in [7, 11) is 2.05. The SMILES string of the molecule is Cc1c(-c2[nH]ncc2N)c2cccc(Br)c2n1C. The number of aryl methyl sites for hydroxylation is 1. The molecule has 0 amide bonds. The van der Waals surface area contributed by atoms with Crippen molar-refractivity contribution in [1.82, 2.24) is 14.8 Å². The second-order valence-electron chi connectivity index (χ2n) is 4.36. The lowest BCUT2D eigenvalue weighted by Gasteiger charge is -2.01. The van der Waals surface area contributed by atoms with Gasteiger partial charge in [0.2, 0.25) is 0 Å². The molecule has 0 aliphatic carbocycles. The van der Waals surface area contributed by atoms with Crippen LogP contribution in [0.4, 0.5) is 5.69 Å². The lowest BCUT2D eigenvalue weighted by molar-refractivity contribution is 0.916. The van der Waals surface area contributed by atoms with Crippen LogP contribution < -0.4 is 5.73 Å². The summed E-state index contributed by atoms with van der Waals surface area (Å²) in [6, 6.07) is 6.17. The van der Waals surface area contributed by atoms with Gasteiger partial charge in [-0.25, -0.2) is 0 Å². The van der Waals surface area contributed by atoms with Crippen LogP contribution >= 0.6 is 15.9 Å². The Morgan fingerprint density at radius 2 is 2.17 bits per heavy atom. The number of hydrogen-bond donors (Lipinski definition) is 2. The third-order valence-corrected chi connectivity index (χ3v) is 4.02. The number of benzene rings is 1. The second kappa shape index (κ2) is 3.88. The summed E-state index contributed by atoms with van der Waals surface area (Å²) < 4.78 is 3.24. The van der Waals surface area contributed by atoms with E-state index in [0.717, 1.165) is 21.4 Å². The fourth-order valence-corrected chi connectivity index (χ4v) is 3.03. The van der Waals surface area contributed by atoms with Gasteiger partial charge in [-0.15, -0.1) is 0 Å². The molecular formula is C13H13BrN4. The fourth-order valence-electron chi connectivity index (χ4n) is 2.40. The number of nitrogen functional groups attached to an aromatic ring is 1. The number of halogens is 1. The molecule has 0 saturated carbocycles. The van der Waals surface area contributed by atoms with Crippen molar-refractivity contribution in [2.24, 2.45) is 7.05 Å². The van der Waals surface area contributed by atoms with E-state index in [2.05, 4.69) is 50.7 Å². The zero-order valence-corrected chi connectivity index (χ0v) is 11.7. The molecule has 0 unspecified atom stereocenters. The minimum absolute atomic E-state index is 0.672. The van der Waals surface area contributed by atoms with Gasteiger partial charge in [0.1, 0.15) is 0 Å². The molecule has 1 aromatic carbocycles. The second-order valence-corrected chi connectivity index (χ2v) is 5.21. The van der Waals surface area contributed by atoms with E-state index in [1.807, 2.05) is 12.1 Å². The molecule has 3 aromatic rings. The number of fused-ring (bicyclic) bond motifs is 1. The van der Waals surface area contributed by atoms with Gasteiger partial charge in [-0.05, 0) is 28.9 Å². The first-order valence-electron chi connectivity index (χ1n) is 5.64. The average molecular weight is 305 g/mol. The van der Waals surface area contributed by atoms with E-state index in [9.17, 15) is 0 Å². The number of nitrogens with two attached hydrogens (primary N) is 1. The largest absolute Gasteiger partial charge is 0.396 e. The van der Waals surface area contributed by atoms with Crippen molar-refractivity contribution in [3.8, 4) is 11.3 Å². The van der Waals surface area contributed by atoms with Crippen LogP contribution in [0.2, 0.25) is 0 Å². The first kappa shape index (κ1) is 11.3. The van der Waals surface area contributed by atoms with Crippen molar-refractivity contribution in [3.05, 3.63) is 34.6 Å². The van der Waals surface area contributed by atoms with E-state index in [4.69, 9.17) is 5.73 Å².